The SMILES string of the molecule is CC(Br)c1nc2ccc(F)cc2nc1Cl. The van der Waals surface area contributed by atoms with Crippen molar-refractivity contribution < 1.29 is 4.39 Å². The van der Waals surface area contributed by atoms with Gasteiger partial charge in [-0.1, -0.05) is 27.5 Å². The summed E-state index contributed by atoms with van der Waals surface area (Å²) in [5.41, 5.74) is 1.77. The van der Waals surface area contributed by atoms with E-state index >= 15 is 0 Å². The maximum atomic E-state index is 12.9. The standard InChI is InChI=1S/C10H7BrClFN2/c1-5(11)9-10(12)15-8-4-6(13)2-3-7(8)14-9/h2-5H,1H3. The van der Waals surface area contributed by atoms with Crippen molar-refractivity contribution in [1.82, 2.24) is 9.97 Å². The molecule has 2 rings (SSSR count). The normalized spacial score (nSPS) is 13.1. The zero-order chi connectivity index (χ0) is 11.0. The maximum Gasteiger partial charge on any atom is 0.152 e. The number of alkyl halides is 1. The van der Waals surface area contributed by atoms with Crippen LogP contribution in [0.3, 0.4) is 0 Å². The molecule has 1 heterocycles. The summed E-state index contributed by atoms with van der Waals surface area (Å²) in [7, 11) is 0. The molecule has 1 aromatic heterocycles. The molecule has 78 valence electrons. The molecule has 0 bridgehead atoms. The molecule has 0 saturated carbocycles. The Morgan fingerprint density at radius 3 is 2.73 bits per heavy atom. The summed E-state index contributed by atoms with van der Waals surface area (Å²) in [5.74, 6) is -0.340. The third kappa shape index (κ3) is 2.11. The Bertz CT molecular complexity index is 516. The molecule has 0 radical (unpaired) electrons. The van der Waals surface area contributed by atoms with Crippen molar-refractivity contribution in [3.05, 3.63) is 34.9 Å². The Hall–Kier alpha value is -0.740. The van der Waals surface area contributed by atoms with E-state index < -0.39 is 0 Å². The van der Waals surface area contributed by atoms with Gasteiger partial charge in [0.25, 0.3) is 0 Å². The van der Waals surface area contributed by atoms with Gasteiger partial charge in [0, 0.05) is 6.07 Å². The summed E-state index contributed by atoms with van der Waals surface area (Å²) < 4.78 is 12.9. The van der Waals surface area contributed by atoms with Gasteiger partial charge in [-0.05, 0) is 19.1 Å². The van der Waals surface area contributed by atoms with Gasteiger partial charge in [0.1, 0.15) is 5.82 Å². The topological polar surface area (TPSA) is 25.8 Å². The van der Waals surface area contributed by atoms with E-state index in [4.69, 9.17) is 11.6 Å². The molecular formula is C10H7BrClFN2. The average Bonchev–Trinajstić information content (AvgIpc) is 2.15. The summed E-state index contributed by atoms with van der Waals surface area (Å²) in [6.45, 7) is 1.91. The van der Waals surface area contributed by atoms with E-state index in [9.17, 15) is 4.39 Å². The molecule has 1 aromatic carbocycles. The van der Waals surface area contributed by atoms with Crippen molar-refractivity contribution in [2.24, 2.45) is 0 Å². The number of hydrogen-bond acceptors (Lipinski definition) is 2. The monoisotopic (exact) mass is 288 g/mol. The molecule has 0 spiro atoms. The minimum absolute atomic E-state index is 0.0203. The second-order valence-electron chi connectivity index (χ2n) is 3.15. The van der Waals surface area contributed by atoms with Gasteiger partial charge in [-0.15, -0.1) is 0 Å². The summed E-state index contributed by atoms with van der Waals surface area (Å²) in [4.78, 5) is 8.42. The molecule has 0 aliphatic heterocycles. The van der Waals surface area contributed by atoms with Crippen LogP contribution >= 0.6 is 27.5 Å². The first-order valence-electron chi connectivity index (χ1n) is 4.34. The number of rotatable bonds is 1. The zero-order valence-corrected chi connectivity index (χ0v) is 10.2. The van der Waals surface area contributed by atoms with Crippen molar-refractivity contribution in [1.29, 1.82) is 0 Å². The fourth-order valence-corrected chi connectivity index (χ4v) is 2.02. The van der Waals surface area contributed by atoms with Crippen molar-refractivity contribution in [2.45, 2.75) is 11.8 Å². The largest absolute Gasteiger partial charge is 0.247 e. The quantitative estimate of drug-likeness (QED) is 0.745. The van der Waals surface area contributed by atoms with E-state index in [1.54, 1.807) is 6.07 Å². The molecule has 2 nitrogen and oxygen atoms in total. The molecule has 0 fully saturated rings. The Labute approximate surface area is 99.6 Å². The number of aromatic nitrogens is 2. The Morgan fingerprint density at radius 2 is 2.07 bits per heavy atom. The second-order valence-corrected chi connectivity index (χ2v) is 4.88. The molecule has 1 atom stereocenters. The third-order valence-corrected chi connectivity index (χ3v) is 2.70. The summed E-state index contributed by atoms with van der Waals surface area (Å²) in [6.07, 6.45) is 0. The molecule has 0 aliphatic rings. The van der Waals surface area contributed by atoms with E-state index in [2.05, 4.69) is 25.9 Å². The van der Waals surface area contributed by atoms with Crippen LogP contribution in [0.2, 0.25) is 5.15 Å². The number of halogens is 3. The Kier molecular flexibility index (Phi) is 2.89. The summed E-state index contributed by atoms with van der Waals surface area (Å²) in [5, 5.41) is 0.303. The van der Waals surface area contributed by atoms with Crippen LogP contribution in [0, 0.1) is 5.82 Å². The van der Waals surface area contributed by atoms with Crippen LogP contribution in [-0.2, 0) is 0 Å². The lowest BCUT2D eigenvalue weighted by Gasteiger charge is -2.06. The number of fused-ring (bicyclic) bond motifs is 1. The highest BCUT2D eigenvalue weighted by Gasteiger charge is 2.11. The molecule has 0 aliphatic carbocycles. The van der Waals surface area contributed by atoms with Crippen molar-refractivity contribution in [3.8, 4) is 0 Å². The fraction of sp³-hybridized carbons (Fsp3) is 0.200. The van der Waals surface area contributed by atoms with Crippen LogP contribution in [0.1, 0.15) is 17.4 Å². The lowest BCUT2D eigenvalue weighted by atomic mass is 10.2. The van der Waals surface area contributed by atoms with Gasteiger partial charge in [-0.2, -0.15) is 0 Å². The van der Waals surface area contributed by atoms with E-state index in [-0.39, 0.29) is 10.6 Å². The van der Waals surface area contributed by atoms with Gasteiger partial charge < -0.3 is 0 Å². The highest BCUT2D eigenvalue weighted by molar-refractivity contribution is 9.09. The Balaban J connectivity index is 2.71. The first kappa shape index (κ1) is 10.8. The highest BCUT2D eigenvalue weighted by Crippen LogP contribution is 2.27. The molecular weight excluding hydrogens is 282 g/mol. The molecule has 0 saturated heterocycles. The zero-order valence-electron chi connectivity index (χ0n) is 7.84. The summed E-state index contributed by atoms with van der Waals surface area (Å²) in [6, 6.07) is 4.26. The van der Waals surface area contributed by atoms with Crippen LogP contribution < -0.4 is 0 Å². The van der Waals surface area contributed by atoms with Crippen molar-refractivity contribution >= 4 is 38.6 Å². The van der Waals surface area contributed by atoms with Gasteiger partial charge in [0.15, 0.2) is 5.15 Å². The van der Waals surface area contributed by atoms with Crippen LogP contribution in [0.15, 0.2) is 18.2 Å². The second kappa shape index (κ2) is 4.02. The highest BCUT2D eigenvalue weighted by atomic mass is 79.9. The average molecular weight is 290 g/mol. The Morgan fingerprint density at radius 1 is 1.33 bits per heavy atom. The predicted molar refractivity (Wildman–Crippen MR) is 61.8 cm³/mol. The number of benzene rings is 1. The molecule has 5 heteroatoms. The van der Waals surface area contributed by atoms with Crippen LogP contribution in [-0.4, -0.2) is 9.97 Å². The summed E-state index contributed by atoms with van der Waals surface area (Å²) >= 11 is 9.30. The van der Waals surface area contributed by atoms with Crippen molar-refractivity contribution in [2.75, 3.05) is 0 Å². The number of nitrogens with zero attached hydrogens (tertiary/aromatic N) is 2. The molecule has 15 heavy (non-hydrogen) atoms. The minimum atomic E-state index is -0.340. The predicted octanol–water partition coefficient (Wildman–Crippen LogP) is 3.88. The van der Waals surface area contributed by atoms with E-state index in [0.29, 0.717) is 21.9 Å². The molecule has 0 amide bonds. The first-order valence-corrected chi connectivity index (χ1v) is 5.64. The molecule has 2 aromatic rings. The van der Waals surface area contributed by atoms with Gasteiger partial charge in [-0.25, -0.2) is 14.4 Å². The lowest BCUT2D eigenvalue weighted by molar-refractivity contribution is 0.629. The van der Waals surface area contributed by atoms with E-state index in [1.807, 2.05) is 6.92 Å². The minimum Gasteiger partial charge on any atom is -0.247 e. The van der Waals surface area contributed by atoms with Crippen molar-refractivity contribution in [3.63, 3.8) is 0 Å². The van der Waals surface area contributed by atoms with Gasteiger partial charge in [0.05, 0.1) is 21.6 Å². The van der Waals surface area contributed by atoms with Gasteiger partial charge in [0.2, 0.25) is 0 Å². The van der Waals surface area contributed by atoms with Gasteiger partial charge in [-0.3, -0.25) is 0 Å². The van der Waals surface area contributed by atoms with E-state index in [1.165, 1.54) is 12.1 Å². The van der Waals surface area contributed by atoms with Gasteiger partial charge >= 0.3 is 0 Å². The lowest BCUT2D eigenvalue weighted by Crippen LogP contribution is -1.96. The fourth-order valence-electron chi connectivity index (χ4n) is 1.27. The first-order chi connectivity index (χ1) is 7.08. The maximum absolute atomic E-state index is 12.9. The smallest absolute Gasteiger partial charge is 0.152 e. The molecule has 1 unspecified atom stereocenters. The third-order valence-electron chi connectivity index (χ3n) is 1.99. The molecule has 0 N–H and O–H groups in total. The van der Waals surface area contributed by atoms with Crippen LogP contribution in [0.5, 0.6) is 0 Å². The number of hydrogen-bond donors (Lipinski definition) is 0. The van der Waals surface area contributed by atoms with Crippen LogP contribution in [0.4, 0.5) is 4.39 Å². The van der Waals surface area contributed by atoms with Crippen LogP contribution in [0.25, 0.3) is 11.0 Å². The van der Waals surface area contributed by atoms with E-state index in [0.717, 1.165) is 0 Å².